The van der Waals surface area contributed by atoms with E-state index in [0.717, 1.165) is 11.3 Å². The summed E-state index contributed by atoms with van der Waals surface area (Å²) in [6, 6.07) is 9.58. The zero-order valence-corrected chi connectivity index (χ0v) is 13.4. The van der Waals surface area contributed by atoms with Gasteiger partial charge in [-0.25, -0.2) is 4.98 Å². The zero-order chi connectivity index (χ0) is 17.3. The van der Waals surface area contributed by atoms with Crippen LogP contribution in [0.3, 0.4) is 0 Å². The Kier molecular flexibility index (Phi) is 4.18. The monoisotopic (exact) mass is 344 g/mol. The molecule has 0 fully saturated rings. The van der Waals surface area contributed by atoms with E-state index in [4.69, 9.17) is 11.6 Å². The van der Waals surface area contributed by atoms with Gasteiger partial charge in [0.25, 0.3) is 11.6 Å². The molecule has 0 aliphatic carbocycles. The highest BCUT2D eigenvalue weighted by Crippen LogP contribution is 2.22. The third-order valence-electron chi connectivity index (χ3n) is 3.58. The van der Waals surface area contributed by atoms with Crippen molar-refractivity contribution in [3.8, 4) is 0 Å². The second-order valence-electron chi connectivity index (χ2n) is 5.23. The highest BCUT2D eigenvalue weighted by atomic mass is 35.5. The van der Waals surface area contributed by atoms with Gasteiger partial charge < -0.3 is 9.72 Å². The van der Waals surface area contributed by atoms with Crippen LogP contribution in [0.5, 0.6) is 0 Å². The summed E-state index contributed by atoms with van der Waals surface area (Å²) in [4.78, 5) is 27.1. The summed E-state index contributed by atoms with van der Waals surface area (Å²) < 4.78 is 1.91. The number of nitro benzene ring substituents is 1. The largest absolute Gasteiger partial charge is 0.346 e. The van der Waals surface area contributed by atoms with Gasteiger partial charge in [-0.2, -0.15) is 0 Å². The minimum absolute atomic E-state index is 0.0764. The fraction of sp³-hybridized carbons (Fsp3) is 0.125. The molecule has 0 bridgehead atoms. The van der Waals surface area contributed by atoms with Crippen molar-refractivity contribution < 1.29 is 9.72 Å². The Balaban J connectivity index is 1.81. The maximum atomic E-state index is 12.3. The van der Waals surface area contributed by atoms with E-state index in [0.29, 0.717) is 5.69 Å². The van der Waals surface area contributed by atoms with E-state index < -0.39 is 10.8 Å². The molecule has 1 amide bonds. The second-order valence-corrected chi connectivity index (χ2v) is 5.67. The van der Waals surface area contributed by atoms with Gasteiger partial charge in [0.2, 0.25) is 0 Å². The van der Waals surface area contributed by atoms with Crippen LogP contribution >= 0.6 is 11.6 Å². The molecule has 7 nitrogen and oxygen atoms in total. The number of carbonyl (C=O) groups is 1. The number of nitro groups is 1. The summed E-state index contributed by atoms with van der Waals surface area (Å²) in [5.74, 6) is -0.571. The van der Waals surface area contributed by atoms with E-state index >= 15 is 0 Å². The topological polar surface area (TPSA) is 89.5 Å². The molecular weight excluding hydrogens is 332 g/mol. The van der Waals surface area contributed by atoms with Gasteiger partial charge in [-0.15, -0.1) is 0 Å². The molecule has 0 aliphatic rings. The lowest BCUT2D eigenvalue weighted by Crippen LogP contribution is -2.23. The number of carbonyl (C=O) groups excluding carboxylic acids is 1. The maximum absolute atomic E-state index is 12.3. The standard InChI is InChI=1S/C16H13ClN4O3/c1-10-3-2-4-15-19-12(9-20(10)15)8-18-16(22)13-7-11(17)5-6-14(13)21(23)24/h2-7,9H,8H2,1H3,(H,18,22). The van der Waals surface area contributed by atoms with Gasteiger partial charge in [0.15, 0.2) is 0 Å². The lowest BCUT2D eigenvalue weighted by Gasteiger charge is -2.04. The second kappa shape index (κ2) is 6.29. The molecule has 2 aromatic heterocycles. The first-order valence-corrected chi connectivity index (χ1v) is 7.49. The van der Waals surface area contributed by atoms with E-state index in [1.165, 1.54) is 18.2 Å². The molecule has 0 spiro atoms. The van der Waals surface area contributed by atoms with Crippen LogP contribution in [0, 0.1) is 17.0 Å². The van der Waals surface area contributed by atoms with E-state index in [9.17, 15) is 14.9 Å². The molecule has 1 aromatic carbocycles. The van der Waals surface area contributed by atoms with Crippen molar-refractivity contribution in [1.82, 2.24) is 14.7 Å². The van der Waals surface area contributed by atoms with Crippen LogP contribution in [0.4, 0.5) is 5.69 Å². The van der Waals surface area contributed by atoms with Crippen molar-refractivity contribution in [2.24, 2.45) is 0 Å². The minimum atomic E-state index is -0.612. The molecule has 8 heteroatoms. The highest BCUT2D eigenvalue weighted by Gasteiger charge is 2.20. The molecular formula is C16H13ClN4O3. The molecule has 3 rings (SSSR count). The van der Waals surface area contributed by atoms with Crippen LogP contribution in [0.2, 0.25) is 5.02 Å². The quantitative estimate of drug-likeness (QED) is 0.581. The van der Waals surface area contributed by atoms with Crippen LogP contribution in [-0.2, 0) is 6.54 Å². The molecule has 0 saturated carbocycles. The van der Waals surface area contributed by atoms with Crippen LogP contribution in [-0.4, -0.2) is 20.2 Å². The normalized spacial score (nSPS) is 10.8. The summed E-state index contributed by atoms with van der Waals surface area (Å²) in [7, 11) is 0. The summed E-state index contributed by atoms with van der Waals surface area (Å²) in [6.45, 7) is 2.11. The number of amides is 1. The fourth-order valence-electron chi connectivity index (χ4n) is 2.40. The number of aromatic nitrogens is 2. The Morgan fingerprint density at radius 2 is 2.17 bits per heavy atom. The number of hydrogen-bond acceptors (Lipinski definition) is 4. The molecule has 0 radical (unpaired) electrons. The predicted molar refractivity (Wildman–Crippen MR) is 89.2 cm³/mol. The molecule has 0 saturated heterocycles. The van der Waals surface area contributed by atoms with Crippen molar-refractivity contribution >= 4 is 28.8 Å². The first kappa shape index (κ1) is 15.9. The van der Waals surface area contributed by atoms with Gasteiger partial charge in [-0.05, 0) is 31.2 Å². The molecule has 1 N–H and O–H groups in total. The summed E-state index contributed by atoms with van der Waals surface area (Å²) in [5.41, 5.74) is 2.08. The summed E-state index contributed by atoms with van der Waals surface area (Å²) in [6.07, 6.45) is 1.82. The van der Waals surface area contributed by atoms with Gasteiger partial charge >= 0.3 is 0 Å². The Morgan fingerprint density at radius 1 is 1.38 bits per heavy atom. The molecule has 0 aliphatic heterocycles. The van der Waals surface area contributed by atoms with E-state index in [-0.39, 0.29) is 22.8 Å². The number of nitrogens with one attached hydrogen (secondary N) is 1. The molecule has 0 atom stereocenters. The minimum Gasteiger partial charge on any atom is -0.346 e. The first-order chi connectivity index (χ1) is 11.5. The Hall–Kier alpha value is -2.93. The van der Waals surface area contributed by atoms with E-state index in [1.54, 1.807) is 0 Å². The average molecular weight is 345 g/mol. The summed E-state index contributed by atoms with van der Waals surface area (Å²) in [5, 5.41) is 13.9. The van der Waals surface area contributed by atoms with Crippen LogP contribution in [0.15, 0.2) is 42.6 Å². The number of benzene rings is 1. The van der Waals surface area contributed by atoms with Crippen molar-refractivity contribution in [3.05, 3.63) is 74.7 Å². The van der Waals surface area contributed by atoms with Crippen LogP contribution < -0.4 is 5.32 Å². The maximum Gasteiger partial charge on any atom is 0.282 e. The number of pyridine rings is 1. The number of halogens is 1. The van der Waals surface area contributed by atoms with Gasteiger partial charge in [-0.1, -0.05) is 17.7 Å². The third-order valence-corrected chi connectivity index (χ3v) is 3.81. The van der Waals surface area contributed by atoms with Gasteiger partial charge in [0.1, 0.15) is 11.2 Å². The number of aryl methyl sites for hydroxylation is 1. The Bertz CT molecular complexity index is 952. The van der Waals surface area contributed by atoms with Crippen molar-refractivity contribution in [2.75, 3.05) is 0 Å². The fourth-order valence-corrected chi connectivity index (χ4v) is 2.57. The number of fused-ring (bicyclic) bond motifs is 1. The number of rotatable bonds is 4. The van der Waals surface area contributed by atoms with Crippen molar-refractivity contribution in [2.45, 2.75) is 13.5 Å². The zero-order valence-electron chi connectivity index (χ0n) is 12.7. The van der Waals surface area contributed by atoms with Gasteiger partial charge in [0.05, 0.1) is 17.2 Å². The van der Waals surface area contributed by atoms with Gasteiger partial charge in [-0.3, -0.25) is 14.9 Å². The molecule has 3 aromatic rings. The summed E-state index contributed by atoms with van der Waals surface area (Å²) >= 11 is 5.84. The average Bonchev–Trinajstić information content (AvgIpc) is 2.96. The van der Waals surface area contributed by atoms with Crippen LogP contribution in [0.1, 0.15) is 21.7 Å². The first-order valence-electron chi connectivity index (χ1n) is 7.11. The highest BCUT2D eigenvalue weighted by molar-refractivity contribution is 6.31. The Morgan fingerprint density at radius 3 is 2.88 bits per heavy atom. The van der Waals surface area contributed by atoms with E-state index in [2.05, 4.69) is 10.3 Å². The lowest BCUT2D eigenvalue weighted by atomic mass is 10.1. The molecule has 122 valence electrons. The number of nitrogens with zero attached hydrogens (tertiary/aromatic N) is 3. The number of hydrogen-bond donors (Lipinski definition) is 1. The van der Waals surface area contributed by atoms with Gasteiger partial charge in [0, 0.05) is 23.0 Å². The smallest absolute Gasteiger partial charge is 0.282 e. The lowest BCUT2D eigenvalue weighted by molar-refractivity contribution is -0.385. The van der Waals surface area contributed by atoms with Crippen molar-refractivity contribution in [1.29, 1.82) is 0 Å². The van der Waals surface area contributed by atoms with Crippen molar-refractivity contribution in [3.63, 3.8) is 0 Å². The molecule has 0 unspecified atom stereocenters. The third kappa shape index (κ3) is 3.07. The van der Waals surface area contributed by atoms with E-state index in [1.807, 2.05) is 35.7 Å². The Labute approximate surface area is 142 Å². The van der Waals surface area contributed by atoms with Crippen LogP contribution in [0.25, 0.3) is 5.65 Å². The SMILES string of the molecule is Cc1cccc2nc(CNC(=O)c3cc(Cl)ccc3[N+](=O)[O-])cn12. The molecule has 2 heterocycles. The number of imidazole rings is 1. The molecule has 24 heavy (non-hydrogen) atoms. The predicted octanol–water partition coefficient (Wildman–Crippen LogP) is 3.13.